The standard InChI is InChI=1S/C15H13ClN2O3/c1-3-18-8-11(15(20)21-4-2)14(19)10-6-12(16)9(7-17)5-13(10)18/h5-6,8H,3-4H2,1-2H3. The summed E-state index contributed by atoms with van der Waals surface area (Å²) in [5.41, 5.74) is 0.373. The first-order chi connectivity index (χ1) is 10.0. The molecule has 0 saturated carbocycles. The number of fused-ring (bicyclic) bond motifs is 1. The molecule has 0 fully saturated rings. The highest BCUT2D eigenvalue weighted by Gasteiger charge is 2.17. The molecule has 2 rings (SSSR count). The second-order valence-corrected chi connectivity index (χ2v) is 4.75. The first kappa shape index (κ1) is 15.1. The van der Waals surface area contributed by atoms with Crippen molar-refractivity contribution in [2.24, 2.45) is 0 Å². The number of nitrogens with zero attached hydrogens (tertiary/aromatic N) is 2. The quantitative estimate of drug-likeness (QED) is 0.817. The van der Waals surface area contributed by atoms with E-state index in [0.717, 1.165) is 0 Å². The summed E-state index contributed by atoms with van der Waals surface area (Å²) in [7, 11) is 0. The van der Waals surface area contributed by atoms with Gasteiger partial charge in [0.15, 0.2) is 0 Å². The predicted octanol–water partition coefficient (Wildman–Crippen LogP) is 2.72. The number of hydrogen-bond acceptors (Lipinski definition) is 4. The van der Waals surface area contributed by atoms with Crippen molar-refractivity contribution in [1.29, 1.82) is 5.26 Å². The minimum Gasteiger partial charge on any atom is -0.462 e. The number of rotatable bonds is 3. The Morgan fingerprint density at radius 2 is 2.14 bits per heavy atom. The molecule has 0 saturated heterocycles. The number of esters is 1. The van der Waals surface area contributed by atoms with Crippen molar-refractivity contribution < 1.29 is 9.53 Å². The van der Waals surface area contributed by atoms with Crippen LogP contribution in [0.4, 0.5) is 0 Å². The fourth-order valence-electron chi connectivity index (χ4n) is 2.11. The highest BCUT2D eigenvalue weighted by molar-refractivity contribution is 6.32. The van der Waals surface area contributed by atoms with Crippen LogP contribution in [0.1, 0.15) is 29.8 Å². The Balaban J connectivity index is 2.84. The minimum atomic E-state index is -0.660. The highest BCUT2D eigenvalue weighted by atomic mass is 35.5. The normalized spacial score (nSPS) is 10.4. The van der Waals surface area contributed by atoms with Crippen molar-refractivity contribution in [2.45, 2.75) is 20.4 Å². The third kappa shape index (κ3) is 2.63. The zero-order valence-electron chi connectivity index (χ0n) is 11.6. The van der Waals surface area contributed by atoms with Crippen molar-refractivity contribution in [3.05, 3.63) is 44.7 Å². The van der Waals surface area contributed by atoms with Crippen LogP contribution in [0.5, 0.6) is 0 Å². The Hall–Kier alpha value is -2.32. The molecular weight excluding hydrogens is 292 g/mol. The van der Waals surface area contributed by atoms with Crippen LogP contribution in [0.25, 0.3) is 10.9 Å². The zero-order valence-corrected chi connectivity index (χ0v) is 12.4. The van der Waals surface area contributed by atoms with Crippen molar-refractivity contribution in [2.75, 3.05) is 6.61 Å². The van der Waals surface area contributed by atoms with Gasteiger partial charge in [0.2, 0.25) is 5.43 Å². The number of carbonyl (C=O) groups is 1. The summed E-state index contributed by atoms with van der Waals surface area (Å²) in [4.78, 5) is 24.3. The lowest BCUT2D eigenvalue weighted by molar-refractivity contribution is 0.0524. The van der Waals surface area contributed by atoms with Gasteiger partial charge >= 0.3 is 5.97 Å². The number of hydrogen-bond donors (Lipinski definition) is 0. The van der Waals surface area contributed by atoms with Gasteiger partial charge in [0.25, 0.3) is 0 Å². The summed E-state index contributed by atoms with van der Waals surface area (Å²) in [6.07, 6.45) is 1.46. The first-order valence-corrected chi connectivity index (χ1v) is 6.85. The summed E-state index contributed by atoms with van der Waals surface area (Å²) in [6.45, 7) is 4.28. The third-order valence-corrected chi connectivity index (χ3v) is 3.44. The van der Waals surface area contributed by atoms with Crippen LogP contribution in [-0.4, -0.2) is 17.1 Å². The monoisotopic (exact) mass is 304 g/mol. The van der Waals surface area contributed by atoms with Gasteiger partial charge in [-0.05, 0) is 26.0 Å². The average molecular weight is 305 g/mol. The maximum atomic E-state index is 12.4. The molecule has 5 nitrogen and oxygen atoms in total. The fraction of sp³-hybridized carbons (Fsp3) is 0.267. The number of benzene rings is 1. The highest BCUT2D eigenvalue weighted by Crippen LogP contribution is 2.22. The molecule has 6 heteroatoms. The van der Waals surface area contributed by atoms with E-state index in [-0.39, 0.29) is 22.8 Å². The summed E-state index contributed by atoms with van der Waals surface area (Å²) < 4.78 is 6.62. The average Bonchev–Trinajstić information content (AvgIpc) is 2.47. The van der Waals surface area contributed by atoms with Crippen LogP contribution in [-0.2, 0) is 11.3 Å². The molecule has 1 heterocycles. The number of ether oxygens (including phenoxy) is 1. The summed E-state index contributed by atoms with van der Waals surface area (Å²) >= 11 is 5.98. The molecule has 0 atom stereocenters. The van der Waals surface area contributed by atoms with Gasteiger partial charge < -0.3 is 9.30 Å². The number of aryl methyl sites for hydroxylation is 1. The van der Waals surface area contributed by atoms with Gasteiger partial charge in [0, 0.05) is 18.1 Å². The van der Waals surface area contributed by atoms with Gasteiger partial charge in [0.05, 0.1) is 22.7 Å². The van der Waals surface area contributed by atoms with Gasteiger partial charge in [-0.2, -0.15) is 5.26 Å². The lowest BCUT2D eigenvalue weighted by atomic mass is 10.1. The molecule has 0 unspecified atom stereocenters. The largest absolute Gasteiger partial charge is 0.462 e. The molecule has 2 aromatic rings. The lowest BCUT2D eigenvalue weighted by Crippen LogP contribution is -2.20. The maximum Gasteiger partial charge on any atom is 0.343 e. The van der Waals surface area contributed by atoms with E-state index >= 15 is 0 Å². The van der Waals surface area contributed by atoms with Crippen LogP contribution in [0, 0.1) is 11.3 Å². The van der Waals surface area contributed by atoms with Gasteiger partial charge in [-0.25, -0.2) is 4.79 Å². The molecule has 1 aromatic carbocycles. The summed E-state index contributed by atoms with van der Waals surface area (Å²) in [6, 6.07) is 4.95. The van der Waals surface area contributed by atoms with Crippen molar-refractivity contribution in [1.82, 2.24) is 4.57 Å². The second-order valence-electron chi connectivity index (χ2n) is 4.34. The van der Waals surface area contributed by atoms with Gasteiger partial charge in [-0.15, -0.1) is 0 Å². The predicted molar refractivity (Wildman–Crippen MR) is 79.6 cm³/mol. The molecule has 0 radical (unpaired) electrons. The third-order valence-electron chi connectivity index (χ3n) is 3.13. The van der Waals surface area contributed by atoms with E-state index in [0.29, 0.717) is 17.4 Å². The molecule has 0 spiro atoms. The minimum absolute atomic E-state index is 0.0352. The van der Waals surface area contributed by atoms with Gasteiger partial charge in [-0.1, -0.05) is 11.6 Å². The fourth-order valence-corrected chi connectivity index (χ4v) is 2.32. The topological polar surface area (TPSA) is 72.1 Å². The molecular formula is C15H13ClN2O3. The maximum absolute atomic E-state index is 12.4. The van der Waals surface area contributed by atoms with E-state index < -0.39 is 11.4 Å². The van der Waals surface area contributed by atoms with Gasteiger partial charge in [-0.3, -0.25) is 4.79 Å². The van der Waals surface area contributed by atoms with Crippen LogP contribution in [0.15, 0.2) is 23.1 Å². The van der Waals surface area contributed by atoms with E-state index in [1.54, 1.807) is 17.6 Å². The molecule has 0 aliphatic rings. The Morgan fingerprint density at radius 1 is 1.43 bits per heavy atom. The number of pyridine rings is 1. The van der Waals surface area contributed by atoms with Crippen molar-refractivity contribution >= 4 is 28.5 Å². The van der Waals surface area contributed by atoms with Crippen LogP contribution in [0.2, 0.25) is 5.02 Å². The SMILES string of the molecule is CCOC(=O)c1cn(CC)c2cc(C#N)c(Cl)cc2c1=O. The smallest absolute Gasteiger partial charge is 0.343 e. The summed E-state index contributed by atoms with van der Waals surface area (Å²) in [5.74, 6) is -0.660. The first-order valence-electron chi connectivity index (χ1n) is 6.47. The van der Waals surface area contributed by atoms with Crippen LogP contribution < -0.4 is 5.43 Å². The van der Waals surface area contributed by atoms with Crippen LogP contribution in [0.3, 0.4) is 0 Å². The molecule has 0 amide bonds. The molecule has 21 heavy (non-hydrogen) atoms. The van der Waals surface area contributed by atoms with Crippen molar-refractivity contribution in [3.63, 3.8) is 0 Å². The van der Waals surface area contributed by atoms with E-state index in [1.807, 2.05) is 13.0 Å². The van der Waals surface area contributed by atoms with E-state index in [2.05, 4.69) is 0 Å². The molecule has 0 bridgehead atoms. The lowest BCUT2D eigenvalue weighted by Gasteiger charge is -2.12. The Bertz CT molecular complexity index is 818. The molecule has 1 aromatic heterocycles. The van der Waals surface area contributed by atoms with E-state index in [4.69, 9.17) is 21.6 Å². The number of halogens is 1. The Kier molecular flexibility index (Phi) is 4.29. The number of carbonyl (C=O) groups excluding carboxylic acids is 1. The van der Waals surface area contributed by atoms with E-state index in [9.17, 15) is 9.59 Å². The van der Waals surface area contributed by atoms with Crippen molar-refractivity contribution in [3.8, 4) is 6.07 Å². The molecule has 108 valence electrons. The number of nitriles is 1. The van der Waals surface area contributed by atoms with E-state index in [1.165, 1.54) is 12.3 Å². The summed E-state index contributed by atoms with van der Waals surface area (Å²) in [5, 5.41) is 9.51. The van der Waals surface area contributed by atoms with Gasteiger partial charge in [0.1, 0.15) is 11.6 Å². The second kappa shape index (κ2) is 5.98. The number of aromatic nitrogens is 1. The molecule has 0 aliphatic heterocycles. The Labute approximate surface area is 126 Å². The zero-order chi connectivity index (χ0) is 15.6. The Morgan fingerprint density at radius 3 is 2.71 bits per heavy atom. The molecule has 0 N–H and O–H groups in total. The van der Waals surface area contributed by atoms with Crippen LogP contribution >= 0.6 is 11.6 Å². The molecule has 0 aliphatic carbocycles.